The van der Waals surface area contributed by atoms with Gasteiger partial charge in [-0.05, 0) is 29.7 Å². The van der Waals surface area contributed by atoms with Gasteiger partial charge in [0.25, 0.3) is 0 Å². The first kappa shape index (κ1) is 16.0. The summed E-state index contributed by atoms with van der Waals surface area (Å²) in [5, 5.41) is 15.2. The summed E-state index contributed by atoms with van der Waals surface area (Å²) in [5.74, 6) is -0.413. The molecule has 0 saturated carbocycles. The first-order valence-corrected chi connectivity index (χ1v) is 7.14. The number of aliphatic hydroxyl groups excluding tert-OH is 1. The Morgan fingerprint density at radius 1 is 1.09 bits per heavy atom. The first-order valence-electron chi connectivity index (χ1n) is 7.14. The first-order chi connectivity index (χ1) is 10.6. The van der Waals surface area contributed by atoms with E-state index in [9.17, 15) is 14.3 Å². The van der Waals surface area contributed by atoms with Crippen LogP contribution in [0.2, 0.25) is 0 Å². The molecule has 0 fully saturated rings. The van der Waals surface area contributed by atoms with Gasteiger partial charge in [-0.2, -0.15) is 0 Å². The molecule has 5 heteroatoms. The SMILES string of the molecule is O=C(NCCc1ccccc1)NC[C@H](O)c1cccc(F)c1. The molecule has 0 aromatic heterocycles. The van der Waals surface area contributed by atoms with E-state index in [1.807, 2.05) is 30.3 Å². The fraction of sp³-hybridized carbons (Fsp3) is 0.235. The molecule has 0 bridgehead atoms. The van der Waals surface area contributed by atoms with E-state index in [0.717, 1.165) is 12.0 Å². The number of rotatable bonds is 6. The van der Waals surface area contributed by atoms with Crippen molar-refractivity contribution in [1.82, 2.24) is 10.6 Å². The maximum absolute atomic E-state index is 13.0. The maximum Gasteiger partial charge on any atom is 0.314 e. The minimum Gasteiger partial charge on any atom is -0.387 e. The van der Waals surface area contributed by atoms with E-state index in [4.69, 9.17) is 0 Å². The number of nitrogens with one attached hydrogen (secondary N) is 2. The van der Waals surface area contributed by atoms with E-state index in [-0.39, 0.29) is 12.6 Å². The van der Waals surface area contributed by atoms with E-state index in [1.54, 1.807) is 6.07 Å². The molecule has 22 heavy (non-hydrogen) atoms. The number of halogens is 1. The Morgan fingerprint density at radius 2 is 1.86 bits per heavy atom. The number of hydrogen-bond donors (Lipinski definition) is 3. The van der Waals surface area contributed by atoms with E-state index in [2.05, 4.69) is 10.6 Å². The summed E-state index contributed by atoms with van der Waals surface area (Å²) in [6.07, 6.45) is -0.198. The van der Waals surface area contributed by atoms with Gasteiger partial charge in [-0.3, -0.25) is 0 Å². The Kier molecular flexibility index (Phi) is 5.91. The Labute approximate surface area is 129 Å². The molecule has 2 aromatic carbocycles. The minimum atomic E-state index is -0.935. The summed E-state index contributed by atoms with van der Waals surface area (Å²) in [5.41, 5.74) is 1.58. The van der Waals surface area contributed by atoms with E-state index in [0.29, 0.717) is 12.1 Å². The average molecular weight is 302 g/mol. The molecule has 0 spiro atoms. The van der Waals surface area contributed by atoms with Crippen LogP contribution in [0, 0.1) is 5.82 Å². The summed E-state index contributed by atoms with van der Waals surface area (Å²) in [6, 6.07) is 15.2. The number of aliphatic hydroxyl groups is 1. The van der Waals surface area contributed by atoms with Crippen LogP contribution in [0.4, 0.5) is 9.18 Å². The lowest BCUT2D eigenvalue weighted by Crippen LogP contribution is -2.38. The lowest BCUT2D eigenvalue weighted by Gasteiger charge is -2.13. The Bertz CT molecular complexity index is 605. The Morgan fingerprint density at radius 3 is 2.59 bits per heavy atom. The molecule has 0 saturated heterocycles. The average Bonchev–Trinajstić information content (AvgIpc) is 2.53. The summed E-state index contributed by atoms with van der Waals surface area (Å²) in [6.45, 7) is 0.534. The smallest absolute Gasteiger partial charge is 0.314 e. The van der Waals surface area contributed by atoms with Crippen LogP contribution in [0.15, 0.2) is 54.6 Å². The summed E-state index contributed by atoms with van der Waals surface area (Å²) in [4.78, 5) is 11.6. The molecule has 4 nitrogen and oxygen atoms in total. The van der Waals surface area contributed by atoms with Crippen molar-refractivity contribution in [2.24, 2.45) is 0 Å². The van der Waals surface area contributed by atoms with Crippen molar-refractivity contribution in [1.29, 1.82) is 0 Å². The van der Waals surface area contributed by atoms with Gasteiger partial charge in [0.05, 0.1) is 6.10 Å². The molecular weight excluding hydrogens is 283 g/mol. The van der Waals surface area contributed by atoms with Crippen molar-refractivity contribution in [3.63, 3.8) is 0 Å². The second-order valence-corrected chi connectivity index (χ2v) is 4.94. The predicted octanol–water partition coefficient (Wildman–Crippen LogP) is 2.40. The molecule has 3 N–H and O–H groups in total. The number of hydrogen-bond acceptors (Lipinski definition) is 2. The van der Waals surface area contributed by atoms with Gasteiger partial charge in [-0.15, -0.1) is 0 Å². The van der Waals surface area contributed by atoms with Gasteiger partial charge in [0.1, 0.15) is 5.82 Å². The van der Waals surface area contributed by atoms with Gasteiger partial charge in [0.2, 0.25) is 0 Å². The number of amides is 2. The van der Waals surface area contributed by atoms with Gasteiger partial charge in [0.15, 0.2) is 0 Å². The zero-order valence-electron chi connectivity index (χ0n) is 12.1. The molecule has 2 amide bonds. The molecule has 2 aromatic rings. The largest absolute Gasteiger partial charge is 0.387 e. The zero-order valence-corrected chi connectivity index (χ0v) is 12.1. The third-order valence-electron chi connectivity index (χ3n) is 3.23. The van der Waals surface area contributed by atoms with Crippen molar-refractivity contribution in [2.75, 3.05) is 13.1 Å². The topological polar surface area (TPSA) is 61.4 Å². The lowest BCUT2D eigenvalue weighted by atomic mass is 10.1. The third-order valence-corrected chi connectivity index (χ3v) is 3.23. The highest BCUT2D eigenvalue weighted by atomic mass is 19.1. The quantitative estimate of drug-likeness (QED) is 0.767. The number of carbonyl (C=O) groups excluding carboxylic acids is 1. The molecule has 116 valence electrons. The van der Waals surface area contributed by atoms with Crippen LogP contribution in [0.3, 0.4) is 0 Å². The number of benzene rings is 2. The Balaban J connectivity index is 1.69. The van der Waals surface area contributed by atoms with Gasteiger partial charge in [-0.1, -0.05) is 42.5 Å². The second-order valence-electron chi connectivity index (χ2n) is 4.94. The molecule has 0 unspecified atom stereocenters. The highest BCUT2D eigenvalue weighted by Crippen LogP contribution is 2.12. The van der Waals surface area contributed by atoms with Crippen molar-refractivity contribution >= 4 is 6.03 Å². The fourth-order valence-corrected chi connectivity index (χ4v) is 2.05. The van der Waals surface area contributed by atoms with Gasteiger partial charge >= 0.3 is 6.03 Å². The Hall–Kier alpha value is -2.40. The summed E-state index contributed by atoms with van der Waals surface area (Å²) in [7, 11) is 0. The van der Waals surface area contributed by atoms with Crippen LogP contribution in [0.1, 0.15) is 17.2 Å². The number of urea groups is 1. The van der Waals surface area contributed by atoms with Gasteiger partial charge in [0, 0.05) is 13.1 Å². The third kappa shape index (κ3) is 5.18. The van der Waals surface area contributed by atoms with E-state index >= 15 is 0 Å². The van der Waals surface area contributed by atoms with E-state index < -0.39 is 11.9 Å². The second kappa shape index (κ2) is 8.14. The molecule has 1 atom stereocenters. The summed E-state index contributed by atoms with van der Waals surface area (Å²) >= 11 is 0. The zero-order chi connectivity index (χ0) is 15.8. The van der Waals surface area contributed by atoms with Crippen molar-refractivity contribution in [3.8, 4) is 0 Å². The van der Waals surface area contributed by atoms with Crippen LogP contribution in [0.5, 0.6) is 0 Å². The van der Waals surface area contributed by atoms with Crippen LogP contribution in [0.25, 0.3) is 0 Å². The number of carbonyl (C=O) groups is 1. The minimum absolute atomic E-state index is 0.0284. The van der Waals surface area contributed by atoms with Gasteiger partial charge in [-0.25, -0.2) is 9.18 Å². The van der Waals surface area contributed by atoms with Crippen LogP contribution >= 0.6 is 0 Å². The van der Waals surface area contributed by atoms with E-state index in [1.165, 1.54) is 18.2 Å². The molecule has 2 rings (SSSR count). The highest BCUT2D eigenvalue weighted by Gasteiger charge is 2.09. The predicted molar refractivity (Wildman–Crippen MR) is 82.9 cm³/mol. The molecule has 0 radical (unpaired) electrons. The molecule has 0 aliphatic carbocycles. The van der Waals surface area contributed by atoms with Crippen LogP contribution in [-0.2, 0) is 6.42 Å². The van der Waals surface area contributed by atoms with Crippen LogP contribution < -0.4 is 10.6 Å². The standard InChI is InChI=1S/C17H19FN2O2/c18-15-8-4-7-14(11-15)16(21)12-20-17(22)19-10-9-13-5-2-1-3-6-13/h1-8,11,16,21H,9-10,12H2,(H2,19,20,22)/t16-/m0/s1. The molecule has 0 heterocycles. The normalized spacial score (nSPS) is 11.7. The summed E-state index contributed by atoms with van der Waals surface area (Å²) < 4.78 is 13.0. The van der Waals surface area contributed by atoms with Crippen molar-refractivity contribution < 1.29 is 14.3 Å². The highest BCUT2D eigenvalue weighted by molar-refractivity contribution is 5.73. The molecular formula is C17H19FN2O2. The van der Waals surface area contributed by atoms with Crippen molar-refractivity contribution in [2.45, 2.75) is 12.5 Å². The van der Waals surface area contributed by atoms with Gasteiger partial charge < -0.3 is 15.7 Å². The van der Waals surface area contributed by atoms with Crippen LogP contribution in [-0.4, -0.2) is 24.2 Å². The van der Waals surface area contributed by atoms with Crippen molar-refractivity contribution in [3.05, 3.63) is 71.5 Å². The molecule has 0 aliphatic heterocycles. The monoisotopic (exact) mass is 302 g/mol. The lowest BCUT2D eigenvalue weighted by molar-refractivity contribution is 0.173. The fourth-order valence-electron chi connectivity index (χ4n) is 2.05. The maximum atomic E-state index is 13.0. The molecule has 0 aliphatic rings.